The highest BCUT2D eigenvalue weighted by Crippen LogP contribution is 2.23. The Morgan fingerprint density at radius 2 is 2.00 bits per heavy atom. The molecule has 1 rings (SSSR count). The molecule has 0 radical (unpaired) electrons. The molecule has 1 aliphatic rings. The number of aliphatic hydroxyl groups excluding tert-OH is 3. The summed E-state index contributed by atoms with van der Waals surface area (Å²) in [5, 5.41) is 27.2. The topological polar surface area (TPSA) is 113 Å². The van der Waals surface area contributed by atoms with Gasteiger partial charge in [0.1, 0.15) is 12.2 Å². The molecule has 1 saturated heterocycles. The van der Waals surface area contributed by atoms with Gasteiger partial charge in [-0.15, -0.1) is 0 Å². The SMILES string of the molecule is CS(=O)(=O)O[C@@H]1C(O)O[C@H](CO)[C@H]1O. The Balaban J connectivity index is 2.70. The Kier molecular flexibility index (Phi) is 3.45. The molecule has 8 heteroatoms. The van der Waals surface area contributed by atoms with E-state index in [1.807, 2.05) is 0 Å². The van der Waals surface area contributed by atoms with Gasteiger partial charge in [-0.2, -0.15) is 8.42 Å². The number of hydrogen-bond donors (Lipinski definition) is 3. The second-order valence-corrected chi connectivity index (χ2v) is 4.60. The Hall–Kier alpha value is -0.250. The summed E-state index contributed by atoms with van der Waals surface area (Å²) < 4.78 is 30.5. The summed E-state index contributed by atoms with van der Waals surface area (Å²) in [5.41, 5.74) is 0. The third-order valence-corrected chi connectivity index (χ3v) is 2.35. The lowest BCUT2D eigenvalue weighted by molar-refractivity contribution is -0.127. The highest BCUT2D eigenvalue weighted by molar-refractivity contribution is 7.86. The number of hydrogen-bond acceptors (Lipinski definition) is 7. The van der Waals surface area contributed by atoms with Crippen molar-refractivity contribution >= 4 is 10.1 Å². The van der Waals surface area contributed by atoms with Gasteiger partial charge in [0.05, 0.1) is 12.9 Å². The summed E-state index contributed by atoms with van der Waals surface area (Å²) >= 11 is 0. The number of ether oxygens (including phenoxy) is 1. The van der Waals surface area contributed by atoms with Crippen LogP contribution in [0.1, 0.15) is 0 Å². The van der Waals surface area contributed by atoms with Gasteiger partial charge < -0.3 is 20.1 Å². The fourth-order valence-corrected chi connectivity index (χ4v) is 1.79. The molecule has 0 aromatic carbocycles. The van der Waals surface area contributed by atoms with Crippen molar-refractivity contribution in [1.82, 2.24) is 0 Å². The molecule has 7 nitrogen and oxygen atoms in total. The van der Waals surface area contributed by atoms with Crippen LogP contribution in [0.2, 0.25) is 0 Å². The zero-order valence-corrected chi connectivity index (χ0v) is 8.22. The van der Waals surface area contributed by atoms with Gasteiger partial charge in [0.2, 0.25) is 0 Å². The highest BCUT2D eigenvalue weighted by Gasteiger charge is 2.45. The molecule has 0 bridgehead atoms. The third-order valence-electron chi connectivity index (χ3n) is 1.78. The zero-order valence-electron chi connectivity index (χ0n) is 7.40. The molecule has 0 aromatic heterocycles. The highest BCUT2D eigenvalue weighted by atomic mass is 32.2. The molecule has 0 amide bonds. The molecule has 0 spiro atoms. The van der Waals surface area contributed by atoms with Gasteiger partial charge in [-0.3, -0.25) is 4.18 Å². The van der Waals surface area contributed by atoms with Gasteiger partial charge in [0, 0.05) is 0 Å². The van der Waals surface area contributed by atoms with E-state index in [0.717, 1.165) is 6.26 Å². The first-order chi connectivity index (χ1) is 6.35. The predicted molar refractivity (Wildman–Crippen MR) is 43.7 cm³/mol. The summed E-state index contributed by atoms with van der Waals surface area (Å²) in [7, 11) is -3.79. The van der Waals surface area contributed by atoms with Crippen LogP contribution in [0.5, 0.6) is 0 Å². The molecule has 0 aliphatic carbocycles. The van der Waals surface area contributed by atoms with Crippen molar-refractivity contribution in [3.05, 3.63) is 0 Å². The average molecular weight is 228 g/mol. The molecule has 1 aliphatic heterocycles. The van der Waals surface area contributed by atoms with Crippen LogP contribution in [-0.2, 0) is 19.0 Å². The lowest BCUT2D eigenvalue weighted by atomic mass is 10.1. The monoisotopic (exact) mass is 228 g/mol. The molecular formula is C6H12O7S. The molecule has 3 N–H and O–H groups in total. The minimum absolute atomic E-state index is 0.526. The maximum atomic E-state index is 10.7. The van der Waals surface area contributed by atoms with Crippen LogP contribution in [-0.4, -0.2) is 61.2 Å². The summed E-state index contributed by atoms with van der Waals surface area (Å²) in [6.07, 6.45) is -4.56. The van der Waals surface area contributed by atoms with E-state index in [1.54, 1.807) is 0 Å². The third kappa shape index (κ3) is 2.62. The predicted octanol–water partition coefficient (Wildman–Crippen LogP) is -2.60. The molecule has 0 saturated carbocycles. The van der Waals surface area contributed by atoms with Crippen molar-refractivity contribution in [1.29, 1.82) is 0 Å². The summed E-state index contributed by atoms with van der Waals surface area (Å²) in [5.74, 6) is 0. The van der Waals surface area contributed by atoms with Crippen LogP contribution >= 0.6 is 0 Å². The number of aliphatic hydroxyl groups is 3. The molecule has 1 heterocycles. The molecule has 14 heavy (non-hydrogen) atoms. The van der Waals surface area contributed by atoms with E-state index in [-0.39, 0.29) is 0 Å². The van der Waals surface area contributed by atoms with E-state index >= 15 is 0 Å². The van der Waals surface area contributed by atoms with Gasteiger partial charge in [-0.25, -0.2) is 0 Å². The Morgan fingerprint density at radius 1 is 1.43 bits per heavy atom. The van der Waals surface area contributed by atoms with Crippen molar-refractivity contribution in [3.8, 4) is 0 Å². The van der Waals surface area contributed by atoms with E-state index < -0.39 is 41.3 Å². The van der Waals surface area contributed by atoms with Crippen LogP contribution in [0.3, 0.4) is 0 Å². The van der Waals surface area contributed by atoms with E-state index in [4.69, 9.17) is 10.2 Å². The standard InChI is InChI=1S/C6H12O7S/c1-14(10,11)13-5-4(8)3(2-7)12-6(5)9/h3-9H,2H2,1H3/t3-,4-,5+,6?/m1/s1. The van der Waals surface area contributed by atoms with Gasteiger partial charge in [0.15, 0.2) is 12.4 Å². The molecule has 1 fully saturated rings. The van der Waals surface area contributed by atoms with Crippen molar-refractivity contribution in [2.45, 2.75) is 24.6 Å². The van der Waals surface area contributed by atoms with Crippen LogP contribution in [0.15, 0.2) is 0 Å². The second-order valence-electron chi connectivity index (χ2n) is 3.00. The van der Waals surface area contributed by atoms with Crippen LogP contribution in [0.25, 0.3) is 0 Å². The van der Waals surface area contributed by atoms with Gasteiger partial charge in [0.25, 0.3) is 10.1 Å². The first-order valence-electron chi connectivity index (χ1n) is 3.86. The Labute approximate surface area is 81.0 Å². The van der Waals surface area contributed by atoms with Gasteiger partial charge in [-0.1, -0.05) is 0 Å². The van der Waals surface area contributed by atoms with Crippen molar-refractivity contribution < 1.29 is 32.7 Å². The maximum absolute atomic E-state index is 10.7. The van der Waals surface area contributed by atoms with Crippen LogP contribution in [0.4, 0.5) is 0 Å². The van der Waals surface area contributed by atoms with Gasteiger partial charge in [-0.05, 0) is 0 Å². The quantitative estimate of drug-likeness (QED) is 0.454. The smallest absolute Gasteiger partial charge is 0.264 e. The van der Waals surface area contributed by atoms with Crippen molar-refractivity contribution in [3.63, 3.8) is 0 Å². The first kappa shape index (κ1) is 11.8. The lowest BCUT2D eigenvalue weighted by Crippen LogP contribution is -2.37. The fraction of sp³-hybridized carbons (Fsp3) is 1.00. The molecule has 84 valence electrons. The van der Waals surface area contributed by atoms with Crippen LogP contribution < -0.4 is 0 Å². The van der Waals surface area contributed by atoms with E-state index in [0.29, 0.717) is 0 Å². The lowest BCUT2D eigenvalue weighted by Gasteiger charge is -2.15. The first-order valence-corrected chi connectivity index (χ1v) is 5.67. The van der Waals surface area contributed by atoms with Crippen LogP contribution in [0, 0.1) is 0 Å². The largest absolute Gasteiger partial charge is 0.394 e. The zero-order chi connectivity index (χ0) is 10.9. The Bertz CT molecular complexity index is 287. The molecule has 1 unspecified atom stereocenters. The summed E-state index contributed by atoms with van der Waals surface area (Å²) in [6, 6.07) is 0. The van der Waals surface area contributed by atoms with Gasteiger partial charge >= 0.3 is 0 Å². The Morgan fingerprint density at radius 3 is 2.36 bits per heavy atom. The minimum Gasteiger partial charge on any atom is -0.394 e. The minimum atomic E-state index is -3.79. The van der Waals surface area contributed by atoms with E-state index in [9.17, 15) is 13.5 Å². The second kappa shape index (κ2) is 4.09. The summed E-state index contributed by atoms with van der Waals surface area (Å²) in [4.78, 5) is 0. The number of rotatable bonds is 3. The molecule has 4 atom stereocenters. The maximum Gasteiger partial charge on any atom is 0.264 e. The van der Waals surface area contributed by atoms with E-state index in [2.05, 4.69) is 8.92 Å². The normalized spacial score (nSPS) is 38.9. The molecule has 0 aromatic rings. The molecular weight excluding hydrogens is 216 g/mol. The average Bonchev–Trinajstić information content (AvgIpc) is 2.29. The van der Waals surface area contributed by atoms with Crippen molar-refractivity contribution in [2.24, 2.45) is 0 Å². The fourth-order valence-electron chi connectivity index (χ4n) is 1.17. The summed E-state index contributed by atoms with van der Waals surface area (Å²) in [6.45, 7) is -0.526. The van der Waals surface area contributed by atoms with E-state index in [1.165, 1.54) is 0 Å². The van der Waals surface area contributed by atoms with Crippen molar-refractivity contribution in [2.75, 3.05) is 12.9 Å².